The summed E-state index contributed by atoms with van der Waals surface area (Å²) in [5, 5.41) is 1.41. The van der Waals surface area contributed by atoms with Gasteiger partial charge in [0.1, 0.15) is 11.5 Å². The van der Waals surface area contributed by atoms with Crippen molar-refractivity contribution in [1.29, 1.82) is 0 Å². The maximum atomic E-state index is 12.6. The number of carbonyl (C=O) groups is 1. The molecule has 2 rings (SSSR count). The van der Waals surface area contributed by atoms with E-state index < -0.39 is 0 Å². The van der Waals surface area contributed by atoms with Crippen molar-refractivity contribution in [3.63, 3.8) is 0 Å². The number of methoxy groups -OCH3 is 1. The third-order valence-electron chi connectivity index (χ3n) is 3.34. The van der Waals surface area contributed by atoms with Gasteiger partial charge in [0, 0.05) is 18.9 Å². The SMILES string of the molecule is CCCOc1ccc(PC(=O)c2c(Cl)cccc2OC)c(C)c1.[Li]. The van der Waals surface area contributed by atoms with E-state index in [0.717, 1.165) is 23.0 Å². The van der Waals surface area contributed by atoms with Crippen LogP contribution in [0.1, 0.15) is 29.3 Å². The number of hydrogen-bond acceptors (Lipinski definition) is 3. The van der Waals surface area contributed by atoms with Crippen LogP contribution in [0.3, 0.4) is 0 Å². The van der Waals surface area contributed by atoms with Gasteiger partial charge in [0.15, 0.2) is 5.52 Å². The van der Waals surface area contributed by atoms with Gasteiger partial charge < -0.3 is 9.47 Å². The van der Waals surface area contributed by atoms with E-state index in [-0.39, 0.29) is 33.0 Å². The van der Waals surface area contributed by atoms with Gasteiger partial charge in [-0.15, -0.1) is 0 Å². The molecule has 0 aliphatic rings. The molecule has 0 heterocycles. The van der Waals surface area contributed by atoms with E-state index in [1.54, 1.807) is 18.2 Å². The maximum Gasteiger partial charge on any atom is 0.190 e. The Hall–Kier alpha value is -0.973. The molecule has 2 aromatic rings. The van der Waals surface area contributed by atoms with Gasteiger partial charge in [-0.25, -0.2) is 0 Å². The molecule has 0 aromatic heterocycles. The second-order valence-electron chi connectivity index (χ2n) is 5.10. The van der Waals surface area contributed by atoms with Crippen molar-refractivity contribution in [3.8, 4) is 11.5 Å². The quantitative estimate of drug-likeness (QED) is 0.550. The van der Waals surface area contributed by atoms with Gasteiger partial charge in [0.05, 0.1) is 24.3 Å². The molecule has 0 amide bonds. The van der Waals surface area contributed by atoms with Crippen LogP contribution in [0.5, 0.6) is 11.5 Å². The zero-order valence-corrected chi connectivity index (χ0v) is 16.2. The molecule has 1 unspecified atom stereocenters. The van der Waals surface area contributed by atoms with Gasteiger partial charge >= 0.3 is 0 Å². The van der Waals surface area contributed by atoms with Gasteiger partial charge in [0.2, 0.25) is 0 Å². The van der Waals surface area contributed by atoms with Crippen molar-refractivity contribution in [2.24, 2.45) is 0 Å². The molecule has 6 heteroatoms. The summed E-state index contributed by atoms with van der Waals surface area (Å²) >= 11 is 6.18. The van der Waals surface area contributed by atoms with Gasteiger partial charge in [0.25, 0.3) is 0 Å². The molecule has 2 aromatic carbocycles. The fourth-order valence-electron chi connectivity index (χ4n) is 2.17. The average molecular weight is 358 g/mol. The largest absolute Gasteiger partial charge is 0.496 e. The van der Waals surface area contributed by atoms with Crippen LogP contribution < -0.4 is 14.8 Å². The van der Waals surface area contributed by atoms with Crippen LogP contribution in [0.2, 0.25) is 5.02 Å². The first-order valence-corrected chi connectivity index (χ1v) is 8.82. The molecule has 0 saturated heterocycles. The number of ether oxygens (including phenoxy) is 2. The number of halogens is 1. The molecule has 123 valence electrons. The summed E-state index contributed by atoms with van der Waals surface area (Å²) in [4.78, 5) is 12.6. The normalized spacial score (nSPS) is 10.5. The Morgan fingerprint density at radius 2 is 2.00 bits per heavy atom. The molecule has 24 heavy (non-hydrogen) atoms. The molecule has 1 radical (unpaired) electrons. The van der Waals surface area contributed by atoms with Crippen molar-refractivity contribution < 1.29 is 14.3 Å². The summed E-state index contributed by atoms with van der Waals surface area (Å²) in [6.45, 7) is 4.74. The molecular formula is C18H20ClLiO3P. The second kappa shape index (κ2) is 10.1. The number of hydrogen-bond donors (Lipinski definition) is 0. The molecule has 0 N–H and O–H groups in total. The minimum absolute atomic E-state index is 0. The molecule has 0 bridgehead atoms. The molecule has 0 spiro atoms. The van der Waals surface area contributed by atoms with Crippen LogP contribution in [0.25, 0.3) is 0 Å². The smallest absolute Gasteiger partial charge is 0.190 e. The molecule has 0 saturated carbocycles. The Labute approximate surface area is 162 Å². The third-order valence-corrected chi connectivity index (χ3v) is 4.96. The van der Waals surface area contributed by atoms with Crippen molar-refractivity contribution in [2.75, 3.05) is 13.7 Å². The van der Waals surface area contributed by atoms with E-state index in [0.29, 0.717) is 22.9 Å². The zero-order valence-electron chi connectivity index (χ0n) is 14.5. The van der Waals surface area contributed by atoms with Crippen molar-refractivity contribution in [1.82, 2.24) is 0 Å². The Morgan fingerprint density at radius 3 is 2.62 bits per heavy atom. The first kappa shape index (κ1) is 21.1. The van der Waals surface area contributed by atoms with E-state index in [2.05, 4.69) is 6.92 Å². The topological polar surface area (TPSA) is 35.5 Å². The first-order valence-electron chi connectivity index (χ1n) is 7.44. The minimum atomic E-state index is -0.0298. The monoisotopic (exact) mass is 357 g/mol. The maximum absolute atomic E-state index is 12.6. The summed E-state index contributed by atoms with van der Waals surface area (Å²) in [6, 6.07) is 11.0. The summed E-state index contributed by atoms with van der Waals surface area (Å²) < 4.78 is 10.9. The number of rotatable bonds is 7. The van der Waals surface area contributed by atoms with E-state index in [9.17, 15) is 4.79 Å². The zero-order chi connectivity index (χ0) is 16.8. The predicted molar refractivity (Wildman–Crippen MR) is 103 cm³/mol. The average Bonchev–Trinajstić information content (AvgIpc) is 2.54. The van der Waals surface area contributed by atoms with Gasteiger partial charge in [-0.05, 0) is 57.1 Å². The van der Waals surface area contributed by atoms with Crippen LogP contribution >= 0.6 is 20.2 Å². The Kier molecular flexibility index (Phi) is 8.88. The molecule has 1 atom stereocenters. The van der Waals surface area contributed by atoms with Crippen LogP contribution in [-0.2, 0) is 0 Å². The molecule has 0 aliphatic carbocycles. The summed E-state index contributed by atoms with van der Waals surface area (Å²) in [5.74, 6) is 1.34. The minimum Gasteiger partial charge on any atom is -0.496 e. The fraction of sp³-hybridized carbons (Fsp3) is 0.278. The first-order chi connectivity index (χ1) is 11.1. The molecule has 3 nitrogen and oxygen atoms in total. The van der Waals surface area contributed by atoms with Gasteiger partial charge in [-0.3, -0.25) is 4.79 Å². The van der Waals surface area contributed by atoms with Crippen LogP contribution in [-0.4, -0.2) is 38.1 Å². The van der Waals surface area contributed by atoms with E-state index >= 15 is 0 Å². The Balaban J connectivity index is 0.00000288. The summed E-state index contributed by atoms with van der Waals surface area (Å²) in [7, 11) is 1.53. The summed E-state index contributed by atoms with van der Waals surface area (Å²) in [6.07, 6.45) is 0.966. The molecular weight excluding hydrogens is 338 g/mol. The van der Waals surface area contributed by atoms with Gasteiger partial charge in [-0.2, -0.15) is 0 Å². The van der Waals surface area contributed by atoms with Crippen molar-refractivity contribution in [2.45, 2.75) is 20.3 Å². The van der Waals surface area contributed by atoms with Crippen LogP contribution in [0.4, 0.5) is 0 Å². The predicted octanol–water partition coefficient (Wildman–Crippen LogP) is 4.21. The standard InChI is InChI=1S/C18H20ClO3P.Li/c1-4-10-22-13-8-9-16(12(2)11-13)23-18(20)17-14(19)6-5-7-15(17)21-3;/h5-9,11,23H,4,10H2,1-3H3;. The number of carbonyl (C=O) groups excluding carboxylic acids is 1. The van der Waals surface area contributed by atoms with E-state index in [1.165, 1.54) is 7.11 Å². The van der Waals surface area contributed by atoms with Crippen molar-refractivity contribution in [3.05, 3.63) is 52.5 Å². The number of benzene rings is 2. The molecule has 0 fully saturated rings. The summed E-state index contributed by atoms with van der Waals surface area (Å²) in [5.41, 5.74) is 1.45. The third kappa shape index (κ3) is 5.26. The Bertz CT molecular complexity index is 707. The second-order valence-corrected chi connectivity index (χ2v) is 6.75. The van der Waals surface area contributed by atoms with Crippen LogP contribution in [0.15, 0.2) is 36.4 Å². The molecule has 0 aliphatic heterocycles. The van der Waals surface area contributed by atoms with E-state index in [4.69, 9.17) is 21.1 Å². The Morgan fingerprint density at radius 1 is 1.25 bits per heavy atom. The number of aryl methyl sites for hydroxylation is 1. The van der Waals surface area contributed by atoms with Crippen LogP contribution in [0, 0.1) is 6.92 Å². The van der Waals surface area contributed by atoms with Crippen molar-refractivity contribution >= 4 is 49.9 Å². The van der Waals surface area contributed by atoms with Gasteiger partial charge in [-0.1, -0.05) is 30.7 Å². The fourth-order valence-corrected chi connectivity index (χ4v) is 3.56. The van der Waals surface area contributed by atoms with E-state index in [1.807, 2.05) is 25.1 Å².